The first-order valence-corrected chi connectivity index (χ1v) is 16.0. The maximum atomic E-state index is 13.8. The van der Waals surface area contributed by atoms with Gasteiger partial charge in [-0.25, -0.2) is 4.98 Å². The fourth-order valence-electron chi connectivity index (χ4n) is 5.27. The van der Waals surface area contributed by atoms with Crippen molar-refractivity contribution in [1.82, 2.24) is 40.7 Å². The van der Waals surface area contributed by atoms with Gasteiger partial charge in [0.15, 0.2) is 11.5 Å². The summed E-state index contributed by atoms with van der Waals surface area (Å²) in [6, 6.07) is 10.9. The summed E-state index contributed by atoms with van der Waals surface area (Å²) in [5.41, 5.74) is 1.33. The van der Waals surface area contributed by atoms with Crippen LogP contribution in [0.5, 0.6) is 0 Å². The van der Waals surface area contributed by atoms with Crippen LogP contribution in [0.2, 0.25) is 5.02 Å². The molecule has 48 heavy (non-hydrogen) atoms. The van der Waals surface area contributed by atoms with Gasteiger partial charge in [0.2, 0.25) is 17.7 Å². The number of carbonyl (C=O) groups is 5. The zero-order chi connectivity index (χ0) is 34.4. The highest BCUT2D eigenvalue weighted by Crippen LogP contribution is 2.16. The van der Waals surface area contributed by atoms with E-state index in [0.717, 1.165) is 5.56 Å². The van der Waals surface area contributed by atoms with Crippen LogP contribution in [0, 0.1) is 5.92 Å². The van der Waals surface area contributed by atoms with Crippen LogP contribution in [0.1, 0.15) is 59.5 Å². The maximum absolute atomic E-state index is 13.8. The molecular formula is C33H37ClN8O6. The second kappa shape index (κ2) is 15.1. The number of pyridine rings is 1. The summed E-state index contributed by atoms with van der Waals surface area (Å²) < 4.78 is 7.02. The Morgan fingerprint density at radius 2 is 1.73 bits per heavy atom. The van der Waals surface area contributed by atoms with E-state index in [4.69, 9.17) is 16.1 Å². The molecule has 3 aromatic heterocycles. The molecule has 2 bridgehead atoms. The van der Waals surface area contributed by atoms with Crippen LogP contribution in [0.4, 0.5) is 0 Å². The molecule has 0 radical (unpaired) electrons. The van der Waals surface area contributed by atoms with Gasteiger partial charge < -0.3 is 35.1 Å². The van der Waals surface area contributed by atoms with E-state index in [1.807, 2.05) is 44.2 Å². The Hall–Kier alpha value is -5.24. The second-order valence-electron chi connectivity index (χ2n) is 12.1. The predicted molar refractivity (Wildman–Crippen MR) is 175 cm³/mol. The van der Waals surface area contributed by atoms with Gasteiger partial charge in [0.05, 0.1) is 11.6 Å². The molecule has 0 fully saturated rings. The summed E-state index contributed by atoms with van der Waals surface area (Å²) in [7, 11) is 0. The van der Waals surface area contributed by atoms with Gasteiger partial charge in [0, 0.05) is 38.0 Å². The topological polar surface area (TPSA) is 180 Å². The van der Waals surface area contributed by atoms with Crippen LogP contribution in [0.15, 0.2) is 65.4 Å². The SMILES string of the molecule is CC(C)C[C@H]1NC(=O)[C@@H](C)NC(=O)c2cc(on2)CN(C(=O)c2cn3cc(Cl)ccc3n2)CCNC(=O)[C@@H](Cc2ccccc2)NC1=O. The lowest BCUT2D eigenvalue weighted by Gasteiger charge is -2.26. The quantitative estimate of drug-likeness (QED) is 0.248. The lowest BCUT2D eigenvalue weighted by molar-refractivity contribution is -0.132. The molecule has 0 aliphatic carbocycles. The summed E-state index contributed by atoms with van der Waals surface area (Å²) in [5.74, 6) is -2.55. The van der Waals surface area contributed by atoms with E-state index in [0.29, 0.717) is 10.7 Å². The van der Waals surface area contributed by atoms with Gasteiger partial charge in [0.1, 0.15) is 29.5 Å². The molecule has 1 aromatic carbocycles. The number of hydrogen-bond acceptors (Lipinski definition) is 8. The van der Waals surface area contributed by atoms with E-state index in [-0.39, 0.29) is 55.5 Å². The average molecular weight is 677 g/mol. The molecule has 0 saturated heterocycles. The van der Waals surface area contributed by atoms with E-state index < -0.39 is 47.7 Å². The van der Waals surface area contributed by atoms with Crippen LogP contribution in [-0.4, -0.2) is 80.2 Å². The monoisotopic (exact) mass is 676 g/mol. The Morgan fingerprint density at radius 3 is 2.48 bits per heavy atom. The van der Waals surface area contributed by atoms with Crippen LogP contribution < -0.4 is 21.3 Å². The van der Waals surface area contributed by atoms with Gasteiger partial charge in [0.25, 0.3) is 11.8 Å². The van der Waals surface area contributed by atoms with Gasteiger partial charge in [-0.15, -0.1) is 0 Å². The number of halogens is 1. The minimum absolute atomic E-state index is 0.0100. The van der Waals surface area contributed by atoms with Crippen molar-refractivity contribution in [3.05, 3.63) is 88.7 Å². The minimum Gasteiger partial charge on any atom is -0.359 e. The minimum atomic E-state index is -1.04. The molecule has 4 aromatic rings. The molecule has 15 heteroatoms. The maximum Gasteiger partial charge on any atom is 0.274 e. The summed E-state index contributed by atoms with van der Waals surface area (Å²) in [6.07, 6.45) is 3.63. The molecular weight excluding hydrogens is 640 g/mol. The molecule has 14 nitrogen and oxygen atoms in total. The van der Waals surface area contributed by atoms with Crippen molar-refractivity contribution < 1.29 is 28.5 Å². The molecule has 3 atom stereocenters. The van der Waals surface area contributed by atoms with Crippen molar-refractivity contribution in [3.8, 4) is 0 Å². The number of fused-ring (bicyclic) bond motifs is 3. The molecule has 1 aliphatic heterocycles. The number of hydrogen-bond donors (Lipinski definition) is 4. The number of carbonyl (C=O) groups excluding carboxylic acids is 5. The van der Waals surface area contributed by atoms with Crippen molar-refractivity contribution in [1.29, 1.82) is 0 Å². The highest BCUT2D eigenvalue weighted by atomic mass is 35.5. The Balaban J connectivity index is 1.45. The van der Waals surface area contributed by atoms with E-state index in [9.17, 15) is 24.0 Å². The standard InChI is InChI=1S/C33H37ClN8O6/c1-19(2)13-24-31(45)39-25(14-21-7-5-4-6-8-21)30(44)35-11-12-41(33(47)27-18-42-16-22(34)9-10-28(42)37-27)17-23-15-26(40-48-23)32(46)36-20(3)29(43)38-24/h4-10,15-16,18-20,24-25H,11-14,17H2,1-3H3,(H,35,44)(H,36,46)(H,38,43)(H,39,45)/t20-,24-,25-/m1/s1. The molecule has 4 N–H and O–H groups in total. The van der Waals surface area contributed by atoms with Crippen molar-refractivity contribution >= 4 is 46.8 Å². The van der Waals surface area contributed by atoms with Crippen LogP contribution >= 0.6 is 11.6 Å². The third-order valence-electron chi connectivity index (χ3n) is 7.74. The molecule has 0 unspecified atom stereocenters. The molecule has 0 saturated carbocycles. The van der Waals surface area contributed by atoms with E-state index in [2.05, 4.69) is 31.4 Å². The molecule has 252 valence electrons. The third kappa shape index (κ3) is 8.56. The first-order chi connectivity index (χ1) is 23.0. The van der Waals surface area contributed by atoms with Crippen molar-refractivity contribution in [2.45, 2.75) is 58.3 Å². The van der Waals surface area contributed by atoms with E-state index >= 15 is 0 Å². The Labute approximate surface area is 281 Å². The fraction of sp³-hybridized carbons (Fsp3) is 0.364. The Kier molecular flexibility index (Phi) is 10.7. The molecule has 4 heterocycles. The Morgan fingerprint density at radius 1 is 0.979 bits per heavy atom. The van der Waals surface area contributed by atoms with Crippen LogP contribution in [0.25, 0.3) is 5.65 Å². The van der Waals surface area contributed by atoms with Gasteiger partial charge in [-0.3, -0.25) is 24.0 Å². The van der Waals surface area contributed by atoms with Crippen molar-refractivity contribution in [2.75, 3.05) is 13.1 Å². The van der Waals surface area contributed by atoms with Gasteiger partial charge in [-0.2, -0.15) is 0 Å². The van der Waals surface area contributed by atoms with Crippen LogP contribution in [0.3, 0.4) is 0 Å². The first-order valence-electron chi connectivity index (χ1n) is 15.6. The number of nitrogens with zero attached hydrogens (tertiary/aromatic N) is 4. The van der Waals surface area contributed by atoms with Crippen molar-refractivity contribution in [2.24, 2.45) is 5.92 Å². The molecule has 0 spiro atoms. The van der Waals surface area contributed by atoms with E-state index in [1.165, 1.54) is 24.1 Å². The second-order valence-corrected chi connectivity index (χ2v) is 12.5. The van der Waals surface area contributed by atoms with Gasteiger partial charge >= 0.3 is 0 Å². The molecule has 5 amide bonds. The number of amides is 5. The fourth-order valence-corrected chi connectivity index (χ4v) is 5.44. The zero-order valence-electron chi connectivity index (χ0n) is 26.7. The number of rotatable bonds is 5. The van der Waals surface area contributed by atoms with Gasteiger partial charge in [-0.05, 0) is 37.0 Å². The number of benzene rings is 1. The van der Waals surface area contributed by atoms with Crippen LogP contribution in [-0.2, 0) is 27.3 Å². The summed E-state index contributed by atoms with van der Waals surface area (Å²) >= 11 is 6.11. The number of nitrogens with one attached hydrogen (secondary N) is 4. The highest BCUT2D eigenvalue weighted by Gasteiger charge is 2.30. The average Bonchev–Trinajstić information content (AvgIpc) is 3.70. The van der Waals surface area contributed by atoms with Crippen molar-refractivity contribution in [3.63, 3.8) is 0 Å². The smallest absolute Gasteiger partial charge is 0.274 e. The number of imidazole rings is 1. The highest BCUT2D eigenvalue weighted by molar-refractivity contribution is 6.30. The number of aromatic nitrogens is 3. The molecule has 5 rings (SSSR count). The predicted octanol–water partition coefficient (Wildman–Crippen LogP) is 2.12. The van der Waals surface area contributed by atoms with Gasteiger partial charge in [-0.1, -0.05) is 60.9 Å². The third-order valence-corrected chi connectivity index (χ3v) is 7.96. The summed E-state index contributed by atoms with van der Waals surface area (Å²) in [4.78, 5) is 72.9. The normalized spacial score (nSPS) is 20.0. The zero-order valence-corrected chi connectivity index (χ0v) is 27.5. The Bertz CT molecular complexity index is 1810. The first kappa shape index (κ1) is 34.1. The molecule has 1 aliphatic rings. The summed E-state index contributed by atoms with van der Waals surface area (Å²) in [6.45, 7) is 5.21. The largest absolute Gasteiger partial charge is 0.359 e. The lowest BCUT2D eigenvalue weighted by Crippen LogP contribution is -2.57. The summed E-state index contributed by atoms with van der Waals surface area (Å²) in [5, 5.41) is 15.2. The van der Waals surface area contributed by atoms with E-state index in [1.54, 1.807) is 22.7 Å². The lowest BCUT2D eigenvalue weighted by atomic mass is 10.0.